The molecule has 0 bridgehead atoms. The standard InChI is InChI=1S/C17H19N3O6/c1-3-25-13-5-7-14(8-6-13)26-11-18-17(21)19-15-10-12(20(22)23)4-9-16(15)24-2/h4-10H,3,11H2,1-2H3,(H2,18,19,21). The largest absolute Gasteiger partial charge is 0.495 e. The molecule has 2 aromatic carbocycles. The number of carbonyl (C=O) groups is 1. The van der Waals surface area contributed by atoms with Gasteiger partial charge in [0.05, 0.1) is 24.3 Å². The van der Waals surface area contributed by atoms with Gasteiger partial charge in [-0.05, 0) is 37.3 Å². The van der Waals surface area contributed by atoms with E-state index in [1.165, 1.54) is 25.3 Å². The Labute approximate surface area is 150 Å². The number of nitrogens with zero attached hydrogens (tertiary/aromatic N) is 1. The molecule has 2 aromatic rings. The van der Waals surface area contributed by atoms with Crippen molar-refractivity contribution in [3.8, 4) is 17.2 Å². The van der Waals surface area contributed by atoms with E-state index in [1.807, 2.05) is 6.92 Å². The highest BCUT2D eigenvalue weighted by molar-refractivity contribution is 5.91. The first kappa shape index (κ1) is 18.8. The van der Waals surface area contributed by atoms with E-state index >= 15 is 0 Å². The first-order chi connectivity index (χ1) is 12.5. The van der Waals surface area contributed by atoms with Crippen molar-refractivity contribution in [2.24, 2.45) is 0 Å². The number of methoxy groups -OCH3 is 1. The van der Waals surface area contributed by atoms with Gasteiger partial charge < -0.3 is 24.8 Å². The van der Waals surface area contributed by atoms with Crippen LogP contribution >= 0.6 is 0 Å². The quantitative estimate of drug-likeness (QED) is 0.424. The van der Waals surface area contributed by atoms with Crippen LogP contribution in [0.25, 0.3) is 0 Å². The highest BCUT2D eigenvalue weighted by Gasteiger charge is 2.13. The number of hydrogen-bond acceptors (Lipinski definition) is 6. The normalized spacial score (nSPS) is 9.92. The molecule has 2 amide bonds. The Balaban J connectivity index is 1.88. The van der Waals surface area contributed by atoms with Crippen molar-refractivity contribution in [3.63, 3.8) is 0 Å². The molecule has 0 unspecified atom stereocenters. The lowest BCUT2D eigenvalue weighted by Crippen LogP contribution is -2.32. The van der Waals surface area contributed by atoms with Crippen LogP contribution in [-0.2, 0) is 0 Å². The van der Waals surface area contributed by atoms with Crippen molar-refractivity contribution >= 4 is 17.4 Å². The number of hydrogen-bond donors (Lipinski definition) is 2. The lowest BCUT2D eigenvalue weighted by atomic mass is 10.2. The van der Waals surface area contributed by atoms with Gasteiger partial charge in [0.15, 0.2) is 6.73 Å². The fourth-order valence-electron chi connectivity index (χ4n) is 2.06. The molecule has 2 rings (SSSR count). The Morgan fingerprint density at radius 1 is 1.12 bits per heavy atom. The van der Waals surface area contributed by atoms with Crippen LogP contribution in [0.5, 0.6) is 17.2 Å². The van der Waals surface area contributed by atoms with E-state index in [4.69, 9.17) is 14.2 Å². The summed E-state index contributed by atoms with van der Waals surface area (Å²) in [6.07, 6.45) is 0. The summed E-state index contributed by atoms with van der Waals surface area (Å²) in [5, 5.41) is 15.8. The molecular weight excluding hydrogens is 342 g/mol. The van der Waals surface area contributed by atoms with Crippen molar-refractivity contribution in [3.05, 3.63) is 52.6 Å². The highest BCUT2D eigenvalue weighted by Crippen LogP contribution is 2.28. The van der Waals surface area contributed by atoms with Crippen LogP contribution in [0.1, 0.15) is 6.92 Å². The number of ether oxygens (including phenoxy) is 3. The molecule has 9 nitrogen and oxygen atoms in total. The number of non-ortho nitro benzene ring substituents is 1. The van der Waals surface area contributed by atoms with Gasteiger partial charge in [0, 0.05) is 12.1 Å². The topological polar surface area (TPSA) is 112 Å². The van der Waals surface area contributed by atoms with Crippen LogP contribution in [0, 0.1) is 10.1 Å². The van der Waals surface area contributed by atoms with Gasteiger partial charge in [0.25, 0.3) is 5.69 Å². The molecule has 0 atom stereocenters. The fraction of sp³-hybridized carbons (Fsp3) is 0.235. The van der Waals surface area contributed by atoms with Crippen LogP contribution in [0.3, 0.4) is 0 Å². The first-order valence-corrected chi connectivity index (χ1v) is 7.76. The van der Waals surface area contributed by atoms with Crippen molar-refractivity contribution in [2.45, 2.75) is 6.92 Å². The molecule has 0 aliphatic carbocycles. The smallest absolute Gasteiger partial charge is 0.321 e. The number of nitrogens with one attached hydrogen (secondary N) is 2. The maximum Gasteiger partial charge on any atom is 0.321 e. The van der Waals surface area contributed by atoms with Crippen molar-refractivity contribution in [1.82, 2.24) is 5.32 Å². The summed E-state index contributed by atoms with van der Waals surface area (Å²) in [5.41, 5.74) is 0.0204. The minimum Gasteiger partial charge on any atom is -0.495 e. The third-order valence-electron chi connectivity index (χ3n) is 3.25. The minimum absolute atomic E-state index is 0.0863. The summed E-state index contributed by atoms with van der Waals surface area (Å²) in [6.45, 7) is 2.38. The zero-order valence-corrected chi connectivity index (χ0v) is 14.4. The summed E-state index contributed by atoms with van der Waals surface area (Å²) >= 11 is 0. The third kappa shape index (κ3) is 5.26. The Morgan fingerprint density at radius 3 is 2.35 bits per heavy atom. The number of urea groups is 1. The molecule has 138 valence electrons. The minimum atomic E-state index is -0.588. The molecule has 0 aliphatic rings. The third-order valence-corrected chi connectivity index (χ3v) is 3.25. The number of benzene rings is 2. The van der Waals surface area contributed by atoms with Gasteiger partial charge in [-0.15, -0.1) is 0 Å². The Kier molecular flexibility index (Phi) is 6.60. The van der Waals surface area contributed by atoms with Gasteiger partial charge in [-0.3, -0.25) is 10.1 Å². The van der Waals surface area contributed by atoms with Crippen LogP contribution in [-0.4, -0.2) is 31.4 Å². The summed E-state index contributed by atoms with van der Waals surface area (Å²) in [6, 6.07) is 10.3. The van der Waals surface area contributed by atoms with Crippen LogP contribution < -0.4 is 24.8 Å². The summed E-state index contributed by atoms with van der Waals surface area (Å²) < 4.78 is 15.8. The fourth-order valence-corrected chi connectivity index (χ4v) is 2.06. The van der Waals surface area contributed by atoms with Gasteiger partial charge in [-0.25, -0.2) is 4.79 Å². The number of anilines is 1. The first-order valence-electron chi connectivity index (χ1n) is 7.76. The molecule has 2 N–H and O–H groups in total. The number of nitro groups is 1. The molecule has 0 aromatic heterocycles. The van der Waals surface area contributed by atoms with E-state index < -0.39 is 11.0 Å². The molecule has 0 saturated heterocycles. The molecule has 0 spiro atoms. The van der Waals surface area contributed by atoms with Crippen molar-refractivity contribution < 1.29 is 23.9 Å². The monoisotopic (exact) mass is 361 g/mol. The van der Waals surface area contributed by atoms with Gasteiger partial charge in [0.1, 0.15) is 17.2 Å². The lowest BCUT2D eigenvalue weighted by molar-refractivity contribution is -0.384. The molecule has 9 heteroatoms. The summed E-state index contributed by atoms with van der Waals surface area (Å²) in [4.78, 5) is 22.2. The molecule has 0 saturated carbocycles. The van der Waals surface area contributed by atoms with E-state index in [0.717, 1.165) is 5.75 Å². The lowest BCUT2D eigenvalue weighted by Gasteiger charge is -2.12. The molecule has 0 fully saturated rings. The molecule has 26 heavy (non-hydrogen) atoms. The Hall–Kier alpha value is -3.49. The highest BCUT2D eigenvalue weighted by atomic mass is 16.6. The Bertz CT molecular complexity index is 764. The number of rotatable bonds is 8. The van der Waals surface area contributed by atoms with Gasteiger partial charge in [-0.1, -0.05) is 0 Å². The second-order valence-corrected chi connectivity index (χ2v) is 4.97. The number of amides is 2. The van der Waals surface area contributed by atoms with E-state index in [-0.39, 0.29) is 18.1 Å². The van der Waals surface area contributed by atoms with Crippen LogP contribution in [0.4, 0.5) is 16.2 Å². The second kappa shape index (κ2) is 9.11. The predicted octanol–water partition coefficient (Wildman–Crippen LogP) is 3.16. The zero-order chi connectivity index (χ0) is 18.9. The molecule has 0 aliphatic heterocycles. The van der Waals surface area contributed by atoms with E-state index in [0.29, 0.717) is 18.1 Å². The number of nitro benzene ring substituents is 1. The van der Waals surface area contributed by atoms with Gasteiger partial charge in [-0.2, -0.15) is 0 Å². The van der Waals surface area contributed by atoms with Crippen LogP contribution in [0.2, 0.25) is 0 Å². The van der Waals surface area contributed by atoms with Crippen molar-refractivity contribution in [2.75, 3.05) is 25.8 Å². The maximum atomic E-state index is 11.9. The molecule has 0 radical (unpaired) electrons. The summed E-state index contributed by atoms with van der Waals surface area (Å²) in [7, 11) is 1.40. The SMILES string of the molecule is CCOc1ccc(OCNC(=O)Nc2cc([N+](=O)[O-])ccc2OC)cc1. The Morgan fingerprint density at radius 2 is 1.77 bits per heavy atom. The van der Waals surface area contributed by atoms with E-state index in [2.05, 4.69) is 10.6 Å². The van der Waals surface area contributed by atoms with Gasteiger partial charge in [0.2, 0.25) is 0 Å². The average molecular weight is 361 g/mol. The maximum absolute atomic E-state index is 11.9. The van der Waals surface area contributed by atoms with E-state index in [9.17, 15) is 14.9 Å². The average Bonchev–Trinajstić information content (AvgIpc) is 2.63. The molecular formula is C17H19N3O6. The van der Waals surface area contributed by atoms with E-state index in [1.54, 1.807) is 24.3 Å². The van der Waals surface area contributed by atoms with Crippen molar-refractivity contribution in [1.29, 1.82) is 0 Å². The summed E-state index contributed by atoms with van der Waals surface area (Å²) in [5.74, 6) is 1.59. The predicted molar refractivity (Wildman–Crippen MR) is 94.9 cm³/mol. The van der Waals surface area contributed by atoms with Gasteiger partial charge >= 0.3 is 6.03 Å². The molecule has 0 heterocycles. The second-order valence-electron chi connectivity index (χ2n) is 4.97. The number of carbonyl (C=O) groups excluding carboxylic acids is 1. The zero-order valence-electron chi connectivity index (χ0n) is 14.4. The van der Waals surface area contributed by atoms with Crippen LogP contribution in [0.15, 0.2) is 42.5 Å².